The number of nitrogens with zero attached hydrogens (tertiary/aromatic N) is 4. The Morgan fingerprint density at radius 2 is 2.24 bits per heavy atom. The number of carbonyl (C=O) groups is 1. The van der Waals surface area contributed by atoms with Gasteiger partial charge < -0.3 is 4.90 Å². The molecule has 106 valence electrons. The van der Waals surface area contributed by atoms with E-state index < -0.39 is 0 Å². The lowest BCUT2D eigenvalue weighted by atomic mass is 10.2. The number of likely N-dealkylation sites (tertiary alicyclic amines) is 1. The summed E-state index contributed by atoms with van der Waals surface area (Å²) in [4.78, 5) is 19.2. The molecule has 1 atom stereocenters. The average Bonchev–Trinajstić information content (AvgIpc) is 3.23. The quantitative estimate of drug-likeness (QED) is 0.731. The first-order chi connectivity index (χ1) is 10.3. The van der Waals surface area contributed by atoms with Gasteiger partial charge in [-0.25, -0.2) is 9.50 Å². The molecule has 6 heteroatoms. The first kappa shape index (κ1) is 12.5. The van der Waals surface area contributed by atoms with E-state index in [2.05, 4.69) is 10.1 Å². The molecule has 1 saturated heterocycles. The van der Waals surface area contributed by atoms with Gasteiger partial charge in [0.15, 0.2) is 0 Å². The van der Waals surface area contributed by atoms with Crippen LogP contribution in [0.4, 0.5) is 0 Å². The molecule has 4 heterocycles. The van der Waals surface area contributed by atoms with E-state index in [0.717, 1.165) is 29.9 Å². The van der Waals surface area contributed by atoms with Gasteiger partial charge in [-0.3, -0.25) is 4.79 Å². The van der Waals surface area contributed by atoms with Crippen molar-refractivity contribution in [3.8, 4) is 0 Å². The highest BCUT2D eigenvalue weighted by Gasteiger charge is 2.33. The van der Waals surface area contributed by atoms with Crippen LogP contribution in [0.15, 0.2) is 42.0 Å². The van der Waals surface area contributed by atoms with E-state index in [1.54, 1.807) is 28.2 Å². The minimum Gasteiger partial charge on any atom is -0.328 e. The maximum absolute atomic E-state index is 12.9. The van der Waals surface area contributed by atoms with E-state index in [1.807, 2.05) is 34.5 Å². The SMILES string of the molecule is O=C(c1cccc2ccnn12)N1CCC[C@@H]1c1nccs1. The summed E-state index contributed by atoms with van der Waals surface area (Å²) < 4.78 is 1.71. The van der Waals surface area contributed by atoms with Crippen molar-refractivity contribution in [2.45, 2.75) is 18.9 Å². The molecule has 0 saturated carbocycles. The number of aromatic nitrogens is 3. The maximum atomic E-state index is 12.9. The van der Waals surface area contributed by atoms with Crippen LogP contribution in [0.25, 0.3) is 5.52 Å². The highest BCUT2D eigenvalue weighted by Crippen LogP contribution is 2.34. The number of thiazole rings is 1. The predicted octanol–water partition coefficient (Wildman–Crippen LogP) is 2.77. The van der Waals surface area contributed by atoms with Crippen LogP contribution in [0.1, 0.15) is 34.4 Å². The number of rotatable bonds is 2. The van der Waals surface area contributed by atoms with Gasteiger partial charge in [-0.05, 0) is 31.0 Å². The van der Waals surface area contributed by atoms with Crippen LogP contribution < -0.4 is 0 Å². The lowest BCUT2D eigenvalue weighted by molar-refractivity contribution is 0.0726. The summed E-state index contributed by atoms with van der Waals surface area (Å²) in [6.45, 7) is 0.779. The van der Waals surface area contributed by atoms with E-state index in [0.29, 0.717) is 5.69 Å². The molecule has 21 heavy (non-hydrogen) atoms. The highest BCUT2D eigenvalue weighted by molar-refractivity contribution is 7.09. The van der Waals surface area contributed by atoms with Crippen LogP contribution in [0, 0.1) is 0 Å². The minimum atomic E-state index is 0.0296. The lowest BCUT2D eigenvalue weighted by Crippen LogP contribution is -2.32. The van der Waals surface area contributed by atoms with Crippen LogP contribution in [0.2, 0.25) is 0 Å². The van der Waals surface area contributed by atoms with Crippen LogP contribution >= 0.6 is 11.3 Å². The lowest BCUT2D eigenvalue weighted by Gasteiger charge is -2.23. The van der Waals surface area contributed by atoms with Gasteiger partial charge in [-0.1, -0.05) is 6.07 Å². The fourth-order valence-corrected chi connectivity index (χ4v) is 3.71. The standard InChI is InChI=1S/C15H14N4OS/c20-15(13-4-1-3-11-6-7-17-19(11)13)18-9-2-5-12(18)14-16-8-10-21-14/h1,3-4,6-8,10,12H,2,5,9H2/t12-/m1/s1. The second kappa shape index (κ2) is 4.96. The fourth-order valence-electron chi connectivity index (χ4n) is 2.92. The molecule has 0 radical (unpaired) electrons. The summed E-state index contributed by atoms with van der Waals surface area (Å²) in [7, 11) is 0. The molecule has 0 N–H and O–H groups in total. The highest BCUT2D eigenvalue weighted by atomic mass is 32.1. The van der Waals surface area contributed by atoms with Crippen LogP contribution in [0.3, 0.4) is 0 Å². The topological polar surface area (TPSA) is 50.5 Å². The summed E-state index contributed by atoms with van der Waals surface area (Å²) in [5.74, 6) is 0.0296. The molecule has 1 aliphatic heterocycles. The second-order valence-corrected chi connectivity index (χ2v) is 6.03. The normalized spacial score (nSPS) is 18.5. The Morgan fingerprint density at radius 3 is 3.10 bits per heavy atom. The average molecular weight is 298 g/mol. The molecular formula is C15H14N4OS. The molecule has 3 aromatic rings. The number of hydrogen-bond donors (Lipinski definition) is 0. The molecule has 0 bridgehead atoms. The number of fused-ring (bicyclic) bond motifs is 1. The molecule has 1 amide bonds. The van der Waals surface area contributed by atoms with E-state index in [-0.39, 0.29) is 11.9 Å². The Kier molecular flexibility index (Phi) is 2.96. The van der Waals surface area contributed by atoms with Crippen molar-refractivity contribution >= 4 is 22.8 Å². The molecule has 5 nitrogen and oxygen atoms in total. The Morgan fingerprint density at radius 1 is 1.29 bits per heavy atom. The smallest absolute Gasteiger partial charge is 0.273 e. The van der Waals surface area contributed by atoms with Gasteiger partial charge in [0.1, 0.15) is 10.7 Å². The van der Waals surface area contributed by atoms with Crippen molar-refractivity contribution in [1.29, 1.82) is 0 Å². The van der Waals surface area contributed by atoms with E-state index in [4.69, 9.17) is 0 Å². The predicted molar refractivity (Wildman–Crippen MR) is 80.3 cm³/mol. The molecule has 0 aliphatic carbocycles. The van der Waals surface area contributed by atoms with Gasteiger partial charge in [0.2, 0.25) is 0 Å². The third-order valence-corrected chi connectivity index (χ3v) is 4.77. The van der Waals surface area contributed by atoms with Crippen molar-refractivity contribution in [2.24, 2.45) is 0 Å². The zero-order valence-corrected chi connectivity index (χ0v) is 12.2. The van der Waals surface area contributed by atoms with Gasteiger partial charge in [0, 0.05) is 18.1 Å². The maximum Gasteiger partial charge on any atom is 0.273 e. The van der Waals surface area contributed by atoms with Gasteiger partial charge in [0.05, 0.1) is 17.8 Å². The largest absolute Gasteiger partial charge is 0.328 e. The third-order valence-electron chi connectivity index (χ3n) is 3.89. The van der Waals surface area contributed by atoms with Crippen molar-refractivity contribution < 1.29 is 4.79 Å². The van der Waals surface area contributed by atoms with Crippen molar-refractivity contribution in [1.82, 2.24) is 19.5 Å². The molecule has 4 rings (SSSR count). The summed E-state index contributed by atoms with van der Waals surface area (Å²) in [6.07, 6.45) is 5.52. The minimum absolute atomic E-state index is 0.0296. The van der Waals surface area contributed by atoms with Crippen molar-refractivity contribution in [2.75, 3.05) is 6.54 Å². The second-order valence-electron chi connectivity index (χ2n) is 5.11. The number of amides is 1. The molecule has 3 aromatic heterocycles. The summed E-state index contributed by atoms with van der Waals surface area (Å²) in [5, 5.41) is 7.24. The molecule has 1 fully saturated rings. The summed E-state index contributed by atoms with van der Waals surface area (Å²) >= 11 is 1.61. The number of carbonyl (C=O) groups excluding carboxylic acids is 1. The van der Waals surface area contributed by atoms with Gasteiger partial charge in [-0.2, -0.15) is 5.10 Å². The Balaban J connectivity index is 1.72. The van der Waals surface area contributed by atoms with E-state index in [1.165, 1.54) is 0 Å². The Hall–Kier alpha value is -2.21. The van der Waals surface area contributed by atoms with E-state index >= 15 is 0 Å². The van der Waals surface area contributed by atoms with Crippen LogP contribution in [0.5, 0.6) is 0 Å². The number of hydrogen-bond acceptors (Lipinski definition) is 4. The number of pyridine rings is 1. The molecule has 0 spiro atoms. The molecule has 1 aliphatic rings. The summed E-state index contributed by atoms with van der Waals surface area (Å²) in [6, 6.07) is 7.69. The van der Waals surface area contributed by atoms with Gasteiger partial charge in [0.25, 0.3) is 5.91 Å². The summed E-state index contributed by atoms with van der Waals surface area (Å²) in [5.41, 5.74) is 1.55. The Bertz CT molecular complexity index is 780. The Labute approximate surface area is 125 Å². The van der Waals surface area contributed by atoms with Crippen LogP contribution in [-0.2, 0) is 0 Å². The zero-order chi connectivity index (χ0) is 14.2. The van der Waals surface area contributed by atoms with Crippen molar-refractivity contribution in [3.63, 3.8) is 0 Å². The molecule has 0 unspecified atom stereocenters. The molecular weight excluding hydrogens is 284 g/mol. The first-order valence-electron chi connectivity index (χ1n) is 6.98. The van der Waals surface area contributed by atoms with E-state index in [9.17, 15) is 4.79 Å². The first-order valence-corrected chi connectivity index (χ1v) is 7.86. The van der Waals surface area contributed by atoms with Gasteiger partial charge in [-0.15, -0.1) is 11.3 Å². The fraction of sp³-hybridized carbons (Fsp3) is 0.267. The van der Waals surface area contributed by atoms with Gasteiger partial charge >= 0.3 is 0 Å². The third kappa shape index (κ3) is 2.03. The monoisotopic (exact) mass is 298 g/mol. The van der Waals surface area contributed by atoms with Crippen molar-refractivity contribution in [3.05, 3.63) is 52.7 Å². The van der Waals surface area contributed by atoms with Crippen LogP contribution in [-0.4, -0.2) is 31.9 Å². The molecule has 0 aromatic carbocycles. The zero-order valence-electron chi connectivity index (χ0n) is 11.3.